The molecule has 1 heterocycles. The van der Waals surface area contributed by atoms with E-state index < -0.39 is 0 Å². The van der Waals surface area contributed by atoms with Crippen LogP contribution in [0.4, 0.5) is 0 Å². The number of nitriles is 1. The summed E-state index contributed by atoms with van der Waals surface area (Å²) in [6.07, 6.45) is 6.98. The maximum atomic E-state index is 8.75. The molecule has 0 saturated carbocycles. The molecule has 3 aromatic rings. The van der Waals surface area contributed by atoms with E-state index >= 15 is 0 Å². The number of benzene rings is 2. The minimum atomic E-state index is 0.193. The first-order chi connectivity index (χ1) is 11.8. The van der Waals surface area contributed by atoms with Crippen LogP contribution in [0.25, 0.3) is 22.3 Å². The van der Waals surface area contributed by atoms with Gasteiger partial charge in [0.05, 0.1) is 0 Å². The highest BCUT2D eigenvalue weighted by molar-refractivity contribution is 5.69. The van der Waals surface area contributed by atoms with Crippen molar-refractivity contribution >= 4 is 0 Å². The zero-order valence-electron chi connectivity index (χ0n) is 13.7. The van der Waals surface area contributed by atoms with Crippen molar-refractivity contribution in [1.82, 2.24) is 9.97 Å². The topological polar surface area (TPSA) is 49.6 Å². The number of aryl methyl sites for hydroxylation is 1. The zero-order chi connectivity index (χ0) is 16.8. The van der Waals surface area contributed by atoms with E-state index in [0.29, 0.717) is 0 Å². The minimum Gasteiger partial charge on any atom is -0.227 e. The van der Waals surface area contributed by atoms with Crippen LogP contribution in [0.3, 0.4) is 0 Å². The average Bonchev–Trinajstić information content (AvgIpc) is 2.67. The average molecular weight is 313 g/mol. The highest BCUT2D eigenvalue weighted by Crippen LogP contribution is 2.24. The van der Waals surface area contributed by atoms with E-state index in [1.54, 1.807) is 12.4 Å². The minimum absolute atomic E-state index is 0.193. The summed E-state index contributed by atoms with van der Waals surface area (Å²) in [4.78, 5) is 8.03. The smallest absolute Gasteiger partial charge is 0.227 e. The Bertz CT molecular complexity index is 826. The summed E-state index contributed by atoms with van der Waals surface area (Å²) >= 11 is 0. The van der Waals surface area contributed by atoms with Crippen molar-refractivity contribution in [3.05, 3.63) is 72.3 Å². The third-order valence-corrected chi connectivity index (χ3v) is 4.08. The molecule has 0 spiro atoms. The fourth-order valence-corrected chi connectivity index (χ4v) is 2.63. The van der Waals surface area contributed by atoms with Crippen molar-refractivity contribution in [2.75, 3.05) is 0 Å². The molecular formula is C21H19N3. The van der Waals surface area contributed by atoms with Gasteiger partial charge in [-0.05, 0) is 35.1 Å². The molecule has 0 bridgehead atoms. The van der Waals surface area contributed by atoms with Gasteiger partial charge in [-0.15, -0.1) is 0 Å². The maximum absolute atomic E-state index is 8.75. The van der Waals surface area contributed by atoms with Crippen LogP contribution in [-0.4, -0.2) is 9.97 Å². The number of rotatable bonds is 5. The lowest BCUT2D eigenvalue weighted by Crippen LogP contribution is -1.89. The summed E-state index contributed by atoms with van der Waals surface area (Å²) in [6.45, 7) is 2.22. The third-order valence-electron chi connectivity index (χ3n) is 4.08. The summed E-state index contributed by atoms with van der Waals surface area (Å²) in [5.74, 6) is 0.193. The molecule has 0 aliphatic heterocycles. The Labute approximate surface area is 142 Å². The highest BCUT2D eigenvalue weighted by atomic mass is 14.9. The van der Waals surface area contributed by atoms with Crippen LogP contribution in [0.15, 0.2) is 60.9 Å². The van der Waals surface area contributed by atoms with E-state index in [9.17, 15) is 0 Å². The molecule has 0 unspecified atom stereocenters. The largest absolute Gasteiger partial charge is 0.232 e. The van der Waals surface area contributed by atoms with Crippen molar-refractivity contribution in [1.29, 1.82) is 5.26 Å². The van der Waals surface area contributed by atoms with E-state index in [0.717, 1.165) is 17.5 Å². The fourth-order valence-electron chi connectivity index (χ4n) is 2.63. The molecule has 0 radical (unpaired) electrons. The zero-order valence-corrected chi connectivity index (χ0v) is 13.7. The van der Waals surface area contributed by atoms with E-state index in [1.165, 1.54) is 29.5 Å². The second kappa shape index (κ2) is 7.52. The van der Waals surface area contributed by atoms with Gasteiger partial charge in [-0.1, -0.05) is 61.9 Å². The van der Waals surface area contributed by atoms with Crippen LogP contribution in [-0.2, 0) is 6.42 Å². The fraction of sp³-hybridized carbons (Fsp3) is 0.190. The van der Waals surface area contributed by atoms with Crippen LogP contribution in [0.2, 0.25) is 0 Å². The van der Waals surface area contributed by atoms with Gasteiger partial charge < -0.3 is 0 Å². The second-order valence-corrected chi connectivity index (χ2v) is 5.78. The molecule has 0 saturated heterocycles. The Balaban J connectivity index is 1.77. The summed E-state index contributed by atoms with van der Waals surface area (Å²) < 4.78 is 0. The number of nitrogens with zero attached hydrogens (tertiary/aromatic N) is 3. The molecule has 0 fully saturated rings. The molecule has 2 aromatic carbocycles. The Morgan fingerprint density at radius 2 is 1.29 bits per heavy atom. The van der Waals surface area contributed by atoms with Gasteiger partial charge in [-0.3, -0.25) is 0 Å². The maximum Gasteiger partial charge on any atom is 0.232 e. The highest BCUT2D eigenvalue weighted by Gasteiger charge is 2.02. The summed E-state index contributed by atoms with van der Waals surface area (Å²) in [5.41, 5.74) is 5.76. The quantitative estimate of drug-likeness (QED) is 0.664. The van der Waals surface area contributed by atoms with Crippen molar-refractivity contribution in [3.63, 3.8) is 0 Å². The van der Waals surface area contributed by atoms with Crippen molar-refractivity contribution < 1.29 is 0 Å². The molecule has 1 aromatic heterocycles. The monoisotopic (exact) mass is 313 g/mol. The molecular weight excluding hydrogens is 294 g/mol. The first-order valence-corrected chi connectivity index (χ1v) is 8.22. The third kappa shape index (κ3) is 3.67. The summed E-state index contributed by atoms with van der Waals surface area (Å²) in [6, 6.07) is 19.1. The van der Waals surface area contributed by atoms with Crippen LogP contribution < -0.4 is 0 Å². The molecule has 3 heteroatoms. The predicted octanol–water partition coefficient (Wildman–Crippen LogP) is 5.02. The SMILES string of the molecule is CCCCc1ccc(-c2ccc(-c3cnc(C#N)nc3)cc2)cc1. The lowest BCUT2D eigenvalue weighted by molar-refractivity contribution is 0.795. The van der Waals surface area contributed by atoms with Gasteiger partial charge in [0.2, 0.25) is 5.82 Å². The molecule has 0 aliphatic rings. The van der Waals surface area contributed by atoms with Gasteiger partial charge in [-0.2, -0.15) is 5.26 Å². The molecule has 3 nitrogen and oxygen atoms in total. The van der Waals surface area contributed by atoms with Crippen LogP contribution in [0, 0.1) is 11.3 Å². The normalized spacial score (nSPS) is 10.3. The van der Waals surface area contributed by atoms with Gasteiger partial charge >= 0.3 is 0 Å². The molecule has 0 aliphatic carbocycles. The van der Waals surface area contributed by atoms with Gasteiger partial charge in [0, 0.05) is 18.0 Å². The molecule has 0 amide bonds. The Morgan fingerprint density at radius 3 is 1.79 bits per heavy atom. The van der Waals surface area contributed by atoms with Gasteiger partial charge in [0.15, 0.2) is 0 Å². The Kier molecular flexibility index (Phi) is 4.98. The summed E-state index contributed by atoms with van der Waals surface area (Å²) in [5, 5.41) is 8.75. The number of hydrogen-bond acceptors (Lipinski definition) is 3. The second-order valence-electron chi connectivity index (χ2n) is 5.78. The van der Waals surface area contributed by atoms with Crippen LogP contribution in [0.5, 0.6) is 0 Å². The summed E-state index contributed by atoms with van der Waals surface area (Å²) in [7, 11) is 0. The number of unbranched alkanes of at least 4 members (excludes halogenated alkanes) is 1. The molecule has 3 rings (SSSR count). The van der Waals surface area contributed by atoms with Gasteiger partial charge in [-0.25, -0.2) is 9.97 Å². The predicted molar refractivity (Wildman–Crippen MR) is 96.2 cm³/mol. The molecule has 0 atom stereocenters. The number of hydrogen-bond donors (Lipinski definition) is 0. The lowest BCUT2D eigenvalue weighted by Gasteiger charge is -2.06. The first kappa shape index (κ1) is 15.9. The van der Waals surface area contributed by atoms with Gasteiger partial charge in [0.25, 0.3) is 0 Å². The molecule has 118 valence electrons. The lowest BCUT2D eigenvalue weighted by atomic mass is 9.99. The van der Waals surface area contributed by atoms with Crippen molar-refractivity contribution in [2.45, 2.75) is 26.2 Å². The Hall–Kier alpha value is -2.99. The van der Waals surface area contributed by atoms with Crippen LogP contribution >= 0.6 is 0 Å². The van der Waals surface area contributed by atoms with E-state index in [2.05, 4.69) is 65.4 Å². The molecule has 24 heavy (non-hydrogen) atoms. The molecule has 0 N–H and O–H groups in total. The van der Waals surface area contributed by atoms with E-state index in [1.807, 2.05) is 6.07 Å². The van der Waals surface area contributed by atoms with E-state index in [4.69, 9.17) is 5.26 Å². The first-order valence-electron chi connectivity index (χ1n) is 8.22. The van der Waals surface area contributed by atoms with Crippen molar-refractivity contribution in [3.8, 4) is 28.3 Å². The number of aromatic nitrogens is 2. The van der Waals surface area contributed by atoms with E-state index in [-0.39, 0.29) is 5.82 Å². The van der Waals surface area contributed by atoms with Crippen LogP contribution in [0.1, 0.15) is 31.2 Å². The Morgan fingerprint density at radius 1 is 0.792 bits per heavy atom. The van der Waals surface area contributed by atoms with Crippen molar-refractivity contribution in [2.24, 2.45) is 0 Å². The standard InChI is InChI=1S/C21H19N3/c1-2-3-4-16-5-7-17(8-6-16)18-9-11-19(12-10-18)20-14-23-21(13-22)24-15-20/h5-12,14-15H,2-4H2,1H3. The van der Waals surface area contributed by atoms with Gasteiger partial charge in [0.1, 0.15) is 6.07 Å².